The number of hydrogen-bond acceptors (Lipinski definition) is 10. The van der Waals surface area contributed by atoms with Crippen LogP contribution < -0.4 is 26.0 Å². The lowest BCUT2D eigenvalue weighted by Crippen LogP contribution is -2.40. The number of hydrogen-bond donors (Lipinski definition) is 5. The van der Waals surface area contributed by atoms with Gasteiger partial charge in [-0.25, -0.2) is 9.97 Å². The zero-order valence-electron chi connectivity index (χ0n) is 20.0. The van der Waals surface area contributed by atoms with Gasteiger partial charge in [0, 0.05) is 24.7 Å². The van der Waals surface area contributed by atoms with Gasteiger partial charge in [-0.15, -0.1) is 10.2 Å². The molecule has 2 aromatic heterocycles. The summed E-state index contributed by atoms with van der Waals surface area (Å²) in [5, 5.41) is 33.3. The van der Waals surface area contributed by atoms with Gasteiger partial charge in [0.1, 0.15) is 17.7 Å². The maximum absolute atomic E-state index is 10.2. The fourth-order valence-corrected chi connectivity index (χ4v) is 4.61. The molecule has 11 heteroatoms. The van der Waals surface area contributed by atoms with Crippen molar-refractivity contribution in [2.24, 2.45) is 5.73 Å². The molecule has 2 aliphatic rings. The van der Waals surface area contributed by atoms with E-state index in [4.69, 9.17) is 15.9 Å². The number of ether oxygens (including phenoxy) is 1. The van der Waals surface area contributed by atoms with E-state index in [1.165, 1.54) is 0 Å². The van der Waals surface area contributed by atoms with Gasteiger partial charge >= 0.3 is 0 Å². The number of phenols is 1. The highest BCUT2D eigenvalue weighted by Crippen LogP contribution is 2.30. The first kappa shape index (κ1) is 23.7. The molecule has 2 fully saturated rings. The van der Waals surface area contributed by atoms with Gasteiger partial charge in [0.05, 0.1) is 23.8 Å². The summed E-state index contributed by atoms with van der Waals surface area (Å²) in [5.41, 5.74) is 7.77. The van der Waals surface area contributed by atoms with Crippen LogP contribution >= 0.6 is 0 Å². The van der Waals surface area contributed by atoms with Crippen molar-refractivity contribution in [1.82, 2.24) is 25.5 Å². The maximum Gasteiger partial charge on any atom is 0.225 e. The molecule has 0 amide bonds. The standard InChI is InChI=1S/C25H31N9O2/c26-24(27)23-21(13-20(32-33-23)19-3-1-2-4-22(19)35)31-16-7-11-34(12-8-16)25-29-14-18(15-30-25)36-17-5-9-28-10-6-17/h1-4,13-17,28,35H,5-12H2,(H3,26,27)(H,31,32). The number of amidine groups is 1. The molecule has 4 heterocycles. The minimum Gasteiger partial charge on any atom is -0.507 e. The largest absolute Gasteiger partial charge is 0.507 e. The Kier molecular flexibility index (Phi) is 7.08. The minimum absolute atomic E-state index is 0.119. The Hall–Kier alpha value is -3.99. The number of aromatic nitrogens is 4. The van der Waals surface area contributed by atoms with Crippen LogP contribution in [0.5, 0.6) is 11.5 Å². The third-order valence-corrected chi connectivity index (χ3v) is 6.57. The second-order valence-corrected chi connectivity index (χ2v) is 9.11. The molecule has 0 aliphatic carbocycles. The van der Waals surface area contributed by atoms with Crippen molar-refractivity contribution in [3.05, 3.63) is 48.4 Å². The van der Waals surface area contributed by atoms with Gasteiger partial charge in [0.2, 0.25) is 5.95 Å². The first-order chi connectivity index (χ1) is 17.6. The van der Waals surface area contributed by atoms with Crippen molar-refractivity contribution in [3.63, 3.8) is 0 Å². The average Bonchev–Trinajstić information content (AvgIpc) is 2.90. The predicted molar refractivity (Wildman–Crippen MR) is 138 cm³/mol. The van der Waals surface area contributed by atoms with E-state index in [-0.39, 0.29) is 23.7 Å². The Morgan fingerprint density at radius 1 is 1.08 bits per heavy atom. The number of nitrogens with two attached hydrogens (primary N) is 1. The normalized spacial score (nSPS) is 17.1. The summed E-state index contributed by atoms with van der Waals surface area (Å²) in [5.74, 6) is 1.37. The molecule has 2 saturated heterocycles. The summed E-state index contributed by atoms with van der Waals surface area (Å²) in [7, 11) is 0. The van der Waals surface area contributed by atoms with Gasteiger partial charge in [0.15, 0.2) is 11.4 Å². The van der Waals surface area contributed by atoms with E-state index < -0.39 is 0 Å². The number of benzene rings is 1. The number of piperidine rings is 2. The highest BCUT2D eigenvalue weighted by molar-refractivity contribution is 5.98. The Balaban J connectivity index is 1.22. The average molecular weight is 490 g/mol. The second-order valence-electron chi connectivity index (χ2n) is 9.11. The molecule has 0 unspecified atom stereocenters. The number of nitrogens with zero attached hydrogens (tertiary/aromatic N) is 5. The van der Waals surface area contributed by atoms with Crippen molar-refractivity contribution in [1.29, 1.82) is 5.41 Å². The van der Waals surface area contributed by atoms with Gasteiger partial charge in [-0.05, 0) is 57.0 Å². The number of rotatable bonds is 7. The lowest BCUT2D eigenvalue weighted by Gasteiger charge is -2.33. The minimum atomic E-state index is -0.161. The molecule has 36 heavy (non-hydrogen) atoms. The van der Waals surface area contributed by atoms with Crippen molar-refractivity contribution in [2.75, 3.05) is 36.4 Å². The Morgan fingerprint density at radius 3 is 2.50 bits per heavy atom. The van der Waals surface area contributed by atoms with Crippen LogP contribution in [0.2, 0.25) is 0 Å². The van der Waals surface area contributed by atoms with Crippen LogP contribution in [0.25, 0.3) is 11.3 Å². The third kappa shape index (κ3) is 5.46. The molecule has 0 saturated carbocycles. The predicted octanol–water partition coefficient (Wildman–Crippen LogP) is 2.13. The molecular formula is C25H31N9O2. The molecule has 3 aromatic rings. The number of nitrogen functional groups attached to an aromatic ring is 1. The number of anilines is 2. The lowest BCUT2D eigenvalue weighted by atomic mass is 10.0. The molecule has 6 N–H and O–H groups in total. The molecule has 188 valence electrons. The van der Waals surface area contributed by atoms with Gasteiger partial charge in [-0.3, -0.25) is 5.41 Å². The van der Waals surface area contributed by atoms with Gasteiger partial charge in [-0.2, -0.15) is 0 Å². The highest BCUT2D eigenvalue weighted by atomic mass is 16.5. The second kappa shape index (κ2) is 10.7. The molecule has 0 atom stereocenters. The first-order valence-electron chi connectivity index (χ1n) is 12.3. The summed E-state index contributed by atoms with van der Waals surface area (Å²) < 4.78 is 6.01. The van der Waals surface area contributed by atoms with Crippen molar-refractivity contribution in [2.45, 2.75) is 37.8 Å². The van der Waals surface area contributed by atoms with E-state index in [9.17, 15) is 5.11 Å². The van der Waals surface area contributed by atoms with Crippen molar-refractivity contribution in [3.8, 4) is 22.8 Å². The Labute approximate surface area is 209 Å². The first-order valence-corrected chi connectivity index (χ1v) is 12.3. The summed E-state index contributed by atoms with van der Waals surface area (Å²) >= 11 is 0. The van der Waals surface area contributed by atoms with E-state index in [1.807, 2.05) is 6.07 Å². The quantitative estimate of drug-likeness (QED) is 0.246. The zero-order valence-corrected chi connectivity index (χ0v) is 20.0. The van der Waals surface area contributed by atoms with E-state index in [2.05, 4.69) is 35.7 Å². The monoisotopic (exact) mass is 489 g/mol. The van der Waals surface area contributed by atoms with Crippen molar-refractivity contribution < 1.29 is 9.84 Å². The van der Waals surface area contributed by atoms with Crippen LogP contribution in [0.1, 0.15) is 31.4 Å². The SMILES string of the molecule is N=C(N)c1nnc(-c2ccccc2O)cc1NC1CCN(c2ncc(OC3CCNCC3)cn2)CC1. The summed E-state index contributed by atoms with van der Waals surface area (Å²) in [6.07, 6.45) is 7.43. The van der Waals surface area contributed by atoms with Crippen molar-refractivity contribution >= 4 is 17.5 Å². The summed E-state index contributed by atoms with van der Waals surface area (Å²) in [6.45, 7) is 3.52. The Morgan fingerprint density at radius 2 is 1.81 bits per heavy atom. The summed E-state index contributed by atoms with van der Waals surface area (Å²) in [4.78, 5) is 11.2. The smallest absolute Gasteiger partial charge is 0.225 e. The molecule has 0 bridgehead atoms. The fourth-order valence-electron chi connectivity index (χ4n) is 4.61. The molecule has 11 nitrogen and oxygen atoms in total. The molecular weight excluding hydrogens is 458 g/mol. The van der Waals surface area contributed by atoms with Crippen LogP contribution in [-0.4, -0.2) is 69.4 Å². The van der Waals surface area contributed by atoms with Crippen LogP contribution in [0.3, 0.4) is 0 Å². The van der Waals surface area contributed by atoms with Crippen LogP contribution in [0.15, 0.2) is 42.7 Å². The zero-order chi connectivity index (χ0) is 24.9. The van der Waals surface area contributed by atoms with Crippen LogP contribution in [-0.2, 0) is 0 Å². The molecule has 0 spiro atoms. The van der Waals surface area contributed by atoms with Crippen LogP contribution in [0.4, 0.5) is 11.6 Å². The number of para-hydroxylation sites is 1. The van der Waals surface area contributed by atoms with Gasteiger partial charge < -0.3 is 31.1 Å². The third-order valence-electron chi connectivity index (χ3n) is 6.57. The molecule has 5 rings (SSSR count). The molecule has 0 radical (unpaired) electrons. The molecule has 1 aromatic carbocycles. The number of phenolic OH excluding ortho intramolecular Hbond substituents is 1. The summed E-state index contributed by atoms with van der Waals surface area (Å²) in [6, 6.07) is 8.90. The number of nitrogens with one attached hydrogen (secondary N) is 3. The van der Waals surface area contributed by atoms with E-state index in [0.29, 0.717) is 34.3 Å². The van der Waals surface area contributed by atoms with Gasteiger partial charge in [-0.1, -0.05) is 12.1 Å². The molecule has 2 aliphatic heterocycles. The van der Waals surface area contributed by atoms with Crippen LogP contribution in [0, 0.1) is 5.41 Å². The Bertz CT molecular complexity index is 1190. The fraction of sp³-hybridized carbons (Fsp3) is 0.400. The maximum atomic E-state index is 10.2. The lowest BCUT2D eigenvalue weighted by molar-refractivity contribution is 0.161. The topological polar surface area (TPSA) is 158 Å². The number of aromatic hydroxyl groups is 1. The van der Waals surface area contributed by atoms with E-state index in [0.717, 1.165) is 51.9 Å². The van der Waals surface area contributed by atoms with Gasteiger partial charge in [0.25, 0.3) is 0 Å². The van der Waals surface area contributed by atoms with E-state index in [1.54, 1.807) is 36.7 Å². The van der Waals surface area contributed by atoms with E-state index >= 15 is 0 Å². The highest BCUT2D eigenvalue weighted by Gasteiger charge is 2.23.